The first-order chi connectivity index (χ1) is 11.1. The van der Waals surface area contributed by atoms with Crippen molar-refractivity contribution in [2.24, 2.45) is 0 Å². The number of halogens is 1. The van der Waals surface area contributed by atoms with Crippen molar-refractivity contribution in [3.63, 3.8) is 0 Å². The second-order valence-electron chi connectivity index (χ2n) is 4.97. The summed E-state index contributed by atoms with van der Waals surface area (Å²) < 4.78 is 5.73. The molecule has 0 aliphatic heterocycles. The summed E-state index contributed by atoms with van der Waals surface area (Å²) in [6, 6.07) is 11.1. The number of amides is 1. The van der Waals surface area contributed by atoms with Gasteiger partial charge in [-0.05, 0) is 43.3 Å². The van der Waals surface area contributed by atoms with E-state index in [9.17, 15) is 4.79 Å². The number of nitrogens with zero attached hydrogens (tertiary/aromatic N) is 2. The number of furan rings is 1. The first-order valence-corrected chi connectivity index (χ1v) is 7.41. The van der Waals surface area contributed by atoms with Crippen LogP contribution in [0, 0.1) is 6.92 Å². The van der Waals surface area contributed by atoms with Crippen LogP contribution in [0.25, 0.3) is 11.3 Å². The highest BCUT2D eigenvalue weighted by atomic mass is 35.5. The van der Waals surface area contributed by atoms with Crippen LogP contribution < -0.4 is 5.32 Å². The van der Waals surface area contributed by atoms with Crippen LogP contribution in [-0.4, -0.2) is 15.9 Å². The molecule has 2 aromatic heterocycles. The number of carbonyl (C=O) groups is 1. The summed E-state index contributed by atoms with van der Waals surface area (Å²) in [6.07, 6.45) is 3.00. The maximum absolute atomic E-state index is 12.0. The van der Waals surface area contributed by atoms with E-state index in [4.69, 9.17) is 16.0 Å². The van der Waals surface area contributed by atoms with Gasteiger partial charge in [-0.3, -0.25) is 4.79 Å². The quantitative estimate of drug-likeness (QED) is 0.794. The lowest BCUT2D eigenvalue weighted by Gasteiger charge is -2.03. The maximum atomic E-state index is 12.0. The Labute approximate surface area is 138 Å². The zero-order valence-corrected chi connectivity index (χ0v) is 13.2. The van der Waals surface area contributed by atoms with E-state index in [0.717, 1.165) is 11.3 Å². The zero-order valence-electron chi connectivity index (χ0n) is 12.4. The standard InChI is InChI=1S/C17H14ClN3O2/c1-11-19-8-13(9-20-11)17(22)21-10-15-6-7-16(23-15)12-2-4-14(18)5-3-12/h2-9H,10H2,1H3,(H,21,22). The highest BCUT2D eigenvalue weighted by Gasteiger charge is 2.09. The van der Waals surface area contributed by atoms with Crippen molar-refractivity contribution in [3.05, 3.63) is 71.0 Å². The average Bonchev–Trinajstić information content (AvgIpc) is 3.03. The first-order valence-electron chi connectivity index (χ1n) is 7.03. The molecular weight excluding hydrogens is 314 g/mol. The monoisotopic (exact) mass is 327 g/mol. The van der Waals surface area contributed by atoms with Crippen molar-refractivity contribution in [2.45, 2.75) is 13.5 Å². The second kappa shape index (κ2) is 6.62. The molecule has 116 valence electrons. The molecule has 0 saturated carbocycles. The number of benzene rings is 1. The highest BCUT2D eigenvalue weighted by Crippen LogP contribution is 2.23. The molecule has 3 aromatic rings. The number of aromatic nitrogens is 2. The van der Waals surface area contributed by atoms with E-state index < -0.39 is 0 Å². The lowest BCUT2D eigenvalue weighted by molar-refractivity contribution is 0.0947. The predicted molar refractivity (Wildman–Crippen MR) is 87.1 cm³/mol. The van der Waals surface area contributed by atoms with Crippen molar-refractivity contribution in [2.75, 3.05) is 0 Å². The Kier molecular flexibility index (Phi) is 4.39. The van der Waals surface area contributed by atoms with Crippen LogP contribution in [0.4, 0.5) is 0 Å². The van der Waals surface area contributed by atoms with E-state index in [1.165, 1.54) is 12.4 Å². The van der Waals surface area contributed by atoms with Gasteiger partial charge < -0.3 is 9.73 Å². The molecule has 23 heavy (non-hydrogen) atoms. The zero-order chi connectivity index (χ0) is 16.2. The Bertz CT molecular complexity index is 811. The fraction of sp³-hybridized carbons (Fsp3) is 0.118. The normalized spacial score (nSPS) is 10.5. The third-order valence-electron chi connectivity index (χ3n) is 3.26. The minimum Gasteiger partial charge on any atom is -0.459 e. The first kappa shape index (κ1) is 15.2. The van der Waals surface area contributed by atoms with Crippen LogP contribution in [0.1, 0.15) is 21.9 Å². The van der Waals surface area contributed by atoms with E-state index in [1.54, 1.807) is 19.1 Å². The van der Waals surface area contributed by atoms with Gasteiger partial charge >= 0.3 is 0 Å². The fourth-order valence-corrected chi connectivity index (χ4v) is 2.15. The van der Waals surface area contributed by atoms with Gasteiger partial charge in [0.1, 0.15) is 17.3 Å². The van der Waals surface area contributed by atoms with Crippen molar-refractivity contribution in [1.29, 1.82) is 0 Å². The van der Waals surface area contributed by atoms with Crippen LogP contribution >= 0.6 is 11.6 Å². The van der Waals surface area contributed by atoms with Gasteiger partial charge in [-0.2, -0.15) is 0 Å². The molecule has 0 saturated heterocycles. The minimum atomic E-state index is -0.241. The smallest absolute Gasteiger partial charge is 0.254 e. The number of hydrogen-bond donors (Lipinski definition) is 1. The van der Waals surface area contributed by atoms with E-state index in [0.29, 0.717) is 28.7 Å². The molecule has 6 heteroatoms. The Hall–Kier alpha value is -2.66. The molecule has 1 amide bonds. The second-order valence-corrected chi connectivity index (χ2v) is 5.41. The van der Waals surface area contributed by atoms with E-state index in [1.807, 2.05) is 24.3 Å². The Balaban J connectivity index is 1.64. The van der Waals surface area contributed by atoms with E-state index in [2.05, 4.69) is 15.3 Å². The minimum absolute atomic E-state index is 0.241. The summed E-state index contributed by atoms with van der Waals surface area (Å²) in [4.78, 5) is 20.0. The van der Waals surface area contributed by atoms with E-state index in [-0.39, 0.29) is 5.91 Å². The van der Waals surface area contributed by atoms with Crippen molar-refractivity contribution >= 4 is 17.5 Å². The summed E-state index contributed by atoms with van der Waals surface area (Å²) in [5, 5.41) is 3.45. The SMILES string of the molecule is Cc1ncc(C(=O)NCc2ccc(-c3ccc(Cl)cc3)o2)cn1. The summed E-state index contributed by atoms with van der Waals surface area (Å²) in [7, 11) is 0. The average molecular weight is 328 g/mol. The van der Waals surface area contributed by atoms with Crippen molar-refractivity contribution in [1.82, 2.24) is 15.3 Å². The third kappa shape index (κ3) is 3.76. The molecule has 0 aliphatic carbocycles. The molecule has 0 radical (unpaired) electrons. The van der Waals surface area contributed by atoms with Crippen LogP contribution in [0.2, 0.25) is 5.02 Å². The topological polar surface area (TPSA) is 68.0 Å². The van der Waals surface area contributed by atoms with Gasteiger partial charge in [0, 0.05) is 23.0 Å². The van der Waals surface area contributed by atoms with Gasteiger partial charge in [0.2, 0.25) is 0 Å². The molecule has 0 aliphatic rings. The fourth-order valence-electron chi connectivity index (χ4n) is 2.02. The summed E-state index contributed by atoms with van der Waals surface area (Å²) >= 11 is 5.87. The molecule has 1 aromatic carbocycles. The third-order valence-corrected chi connectivity index (χ3v) is 3.51. The Morgan fingerprint density at radius 1 is 1.13 bits per heavy atom. The number of carbonyl (C=O) groups excluding carboxylic acids is 1. The molecule has 3 rings (SSSR count). The van der Waals surface area contributed by atoms with Crippen molar-refractivity contribution in [3.8, 4) is 11.3 Å². The lowest BCUT2D eigenvalue weighted by atomic mass is 10.2. The van der Waals surface area contributed by atoms with Gasteiger partial charge in [0.15, 0.2) is 0 Å². The van der Waals surface area contributed by atoms with Gasteiger partial charge in [-0.15, -0.1) is 0 Å². The predicted octanol–water partition coefficient (Wildman–Crippen LogP) is 3.63. The number of nitrogens with one attached hydrogen (secondary N) is 1. The molecule has 0 bridgehead atoms. The van der Waals surface area contributed by atoms with Crippen LogP contribution in [0.15, 0.2) is 53.2 Å². The molecule has 0 spiro atoms. The molecule has 0 unspecified atom stereocenters. The molecule has 0 atom stereocenters. The molecule has 0 fully saturated rings. The number of aryl methyl sites for hydroxylation is 1. The molecule has 5 nitrogen and oxygen atoms in total. The largest absolute Gasteiger partial charge is 0.459 e. The highest BCUT2D eigenvalue weighted by molar-refractivity contribution is 6.30. The Morgan fingerprint density at radius 3 is 2.52 bits per heavy atom. The molecule has 2 heterocycles. The molecule has 1 N–H and O–H groups in total. The lowest BCUT2D eigenvalue weighted by Crippen LogP contribution is -2.22. The number of hydrogen-bond acceptors (Lipinski definition) is 4. The maximum Gasteiger partial charge on any atom is 0.254 e. The van der Waals surface area contributed by atoms with Crippen LogP contribution in [0.3, 0.4) is 0 Å². The summed E-state index contributed by atoms with van der Waals surface area (Å²) in [6.45, 7) is 2.06. The van der Waals surface area contributed by atoms with Crippen LogP contribution in [-0.2, 0) is 6.54 Å². The van der Waals surface area contributed by atoms with Gasteiger partial charge in [0.05, 0.1) is 12.1 Å². The van der Waals surface area contributed by atoms with Gasteiger partial charge in [-0.1, -0.05) is 11.6 Å². The van der Waals surface area contributed by atoms with Gasteiger partial charge in [0.25, 0.3) is 5.91 Å². The summed E-state index contributed by atoms with van der Waals surface area (Å²) in [5.41, 5.74) is 1.35. The van der Waals surface area contributed by atoms with E-state index >= 15 is 0 Å². The number of rotatable bonds is 4. The molecular formula is C17H14ClN3O2. The summed E-state index contributed by atoms with van der Waals surface area (Å²) in [5.74, 6) is 1.77. The Morgan fingerprint density at radius 2 is 1.83 bits per heavy atom. The van der Waals surface area contributed by atoms with Gasteiger partial charge in [-0.25, -0.2) is 9.97 Å². The van der Waals surface area contributed by atoms with Crippen molar-refractivity contribution < 1.29 is 9.21 Å². The van der Waals surface area contributed by atoms with Crippen LogP contribution in [0.5, 0.6) is 0 Å².